The van der Waals surface area contributed by atoms with Crippen LogP contribution in [0.5, 0.6) is 0 Å². The number of aliphatic hydroxyl groups excluding tert-OH is 1. The number of quaternary nitrogens is 1. The predicted molar refractivity (Wildman–Crippen MR) is 84.6 cm³/mol. The van der Waals surface area contributed by atoms with Gasteiger partial charge in [0.2, 0.25) is 0 Å². The molecular formula is C16H30NO5+. The van der Waals surface area contributed by atoms with Gasteiger partial charge in [-0.15, -0.1) is 6.58 Å². The zero-order valence-corrected chi connectivity index (χ0v) is 13.7. The molecule has 0 bridgehead atoms. The Bertz CT molecular complexity index is 350. The van der Waals surface area contributed by atoms with E-state index in [0.29, 0.717) is 6.54 Å². The number of aliphatic hydroxyl groups is 1. The maximum absolute atomic E-state index is 11.4. The predicted octanol–water partition coefficient (Wildman–Crippen LogP) is 1.88. The maximum Gasteiger partial charge on any atom is 0.362 e. The molecule has 6 heteroatoms. The summed E-state index contributed by atoms with van der Waals surface area (Å²) in [5.41, 5.74) is 0. The Morgan fingerprint density at radius 3 is 1.91 bits per heavy atom. The van der Waals surface area contributed by atoms with Crippen molar-refractivity contribution in [2.45, 2.75) is 58.0 Å². The number of carboxylic acids is 2. The molecule has 0 aliphatic carbocycles. The Kier molecular flexibility index (Phi) is 9.69. The van der Waals surface area contributed by atoms with E-state index in [4.69, 9.17) is 0 Å². The van der Waals surface area contributed by atoms with Gasteiger partial charge in [-0.2, -0.15) is 0 Å². The molecule has 0 spiro atoms. The van der Waals surface area contributed by atoms with Crippen LogP contribution in [0.3, 0.4) is 0 Å². The van der Waals surface area contributed by atoms with Crippen molar-refractivity contribution in [1.82, 2.24) is 0 Å². The van der Waals surface area contributed by atoms with Crippen LogP contribution in [0.1, 0.15) is 46.0 Å². The van der Waals surface area contributed by atoms with E-state index in [9.17, 15) is 24.9 Å². The molecule has 0 saturated heterocycles. The highest BCUT2D eigenvalue weighted by molar-refractivity contribution is 5.74. The van der Waals surface area contributed by atoms with Crippen LogP contribution < -0.4 is 0 Å². The second-order valence-corrected chi connectivity index (χ2v) is 5.79. The van der Waals surface area contributed by atoms with Crippen molar-refractivity contribution in [3.8, 4) is 0 Å². The number of allylic oxidation sites excluding steroid dienone is 1. The van der Waals surface area contributed by atoms with Crippen LogP contribution in [-0.2, 0) is 9.59 Å². The summed E-state index contributed by atoms with van der Waals surface area (Å²) in [6.07, 6.45) is 6.52. The van der Waals surface area contributed by atoms with Crippen molar-refractivity contribution < 1.29 is 29.4 Å². The fourth-order valence-electron chi connectivity index (χ4n) is 2.90. The van der Waals surface area contributed by atoms with Crippen molar-refractivity contribution in [3.05, 3.63) is 12.7 Å². The number of unbranched alkanes of at least 4 members (excludes halogenated alkanes) is 4. The molecule has 0 aromatic rings. The molecule has 2 atom stereocenters. The van der Waals surface area contributed by atoms with E-state index in [0.717, 1.165) is 32.1 Å². The molecule has 0 amide bonds. The Hall–Kier alpha value is -1.40. The molecule has 0 aliphatic heterocycles. The molecule has 0 saturated carbocycles. The smallest absolute Gasteiger partial charge is 0.362 e. The standard InChI is InChI=1S/C16H29NO5/c1-4-5-6-7-8-9-10-17(11-12-18,13(2)15(19)20)14(3)16(21)22/h4,13-14,18H,1,5-12H2,2-3H3,(H-,19,20,21,22)/p+1. The van der Waals surface area contributed by atoms with Crippen LogP contribution in [0.25, 0.3) is 0 Å². The van der Waals surface area contributed by atoms with E-state index in [-0.39, 0.29) is 17.6 Å². The molecule has 0 heterocycles. The second kappa shape index (κ2) is 10.3. The van der Waals surface area contributed by atoms with Gasteiger partial charge in [0, 0.05) is 0 Å². The summed E-state index contributed by atoms with van der Waals surface area (Å²) in [4.78, 5) is 22.8. The molecular weight excluding hydrogens is 286 g/mol. The van der Waals surface area contributed by atoms with Crippen LogP contribution >= 0.6 is 0 Å². The average molecular weight is 316 g/mol. The van der Waals surface area contributed by atoms with Crippen molar-refractivity contribution in [1.29, 1.82) is 0 Å². The number of hydrogen-bond donors (Lipinski definition) is 3. The summed E-state index contributed by atoms with van der Waals surface area (Å²) in [6, 6.07) is -1.74. The molecule has 0 aliphatic rings. The van der Waals surface area contributed by atoms with Crippen LogP contribution in [0, 0.1) is 0 Å². The van der Waals surface area contributed by atoms with Gasteiger partial charge in [-0.1, -0.05) is 12.5 Å². The van der Waals surface area contributed by atoms with Gasteiger partial charge in [-0.05, 0) is 39.5 Å². The first-order chi connectivity index (χ1) is 10.3. The number of carbonyl (C=O) groups is 2. The molecule has 0 aromatic carbocycles. The Morgan fingerprint density at radius 2 is 1.50 bits per heavy atom. The summed E-state index contributed by atoms with van der Waals surface area (Å²) in [7, 11) is 0. The third-order valence-corrected chi connectivity index (χ3v) is 4.51. The highest BCUT2D eigenvalue weighted by Gasteiger charge is 2.45. The van der Waals surface area contributed by atoms with Gasteiger partial charge in [0.15, 0.2) is 12.1 Å². The van der Waals surface area contributed by atoms with E-state index in [1.54, 1.807) is 0 Å². The van der Waals surface area contributed by atoms with Crippen molar-refractivity contribution >= 4 is 11.9 Å². The summed E-state index contributed by atoms with van der Waals surface area (Å²) >= 11 is 0. The molecule has 128 valence electrons. The lowest BCUT2D eigenvalue weighted by atomic mass is 10.0. The second-order valence-electron chi connectivity index (χ2n) is 5.79. The van der Waals surface area contributed by atoms with Gasteiger partial charge >= 0.3 is 11.9 Å². The Labute approximate surface area is 132 Å². The molecule has 3 N–H and O–H groups in total. The van der Waals surface area contributed by atoms with Crippen molar-refractivity contribution in [3.63, 3.8) is 0 Å². The first-order valence-corrected chi connectivity index (χ1v) is 7.87. The first-order valence-electron chi connectivity index (χ1n) is 7.87. The molecule has 0 rings (SSSR count). The van der Waals surface area contributed by atoms with Gasteiger partial charge in [-0.3, -0.25) is 4.48 Å². The lowest BCUT2D eigenvalue weighted by Gasteiger charge is -2.44. The fourth-order valence-corrected chi connectivity index (χ4v) is 2.90. The molecule has 6 nitrogen and oxygen atoms in total. The molecule has 0 aromatic heterocycles. The summed E-state index contributed by atoms with van der Waals surface area (Å²) < 4.78 is -0.122. The molecule has 0 radical (unpaired) electrons. The van der Waals surface area contributed by atoms with Gasteiger partial charge in [0.1, 0.15) is 6.54 Å². The minimum Gasteiger partial charge on any atom is -0.477 e. The van der Waals surface area contributed by atoms with E-state index in [2.05, 4.69) is 6.58 Å². The van der Waals surface area contributed by atoms with Crippen LogP contribution in [0.15, 0.2) is 12.7 Å². The minimum atomic E-state index is -1.03. The first kappa shape index (κ1) is 20.6. The summed E-state index contributed by atoms with van der Waals surface area (Å²) in [6.45, 7) is 7.05. The Morgan fingerprint density at radius 1 is 1.00 bits per heavy atom. The third kappa shape index (κ3) is 5.77. The number of hydrogen-bond acceptors (Lipinski definition) is 3. The van der Waals surface area contributed by atoms with Gasteiger partial charge in [-0.25, -0.2) is 9.59 Å². The maximum atomic E-state index is 11.4. The fraction of sp³-hybridized carbons (Fsp3) is 0.750. The zero-order valence-electron chi connectivity index (χ0n) is 13.7. The van der Waals surface area contributed by atoms with Crippen LogP contribution in [-0.4, -0.2) is 63.5 Å². The summed E-state index contributed by atoms with van der Waals surface area (Å²) in [5, 5.41) is 28.0. The van der Waals surface area contributed by atoms with E-state index in [1.807, 2.05) is 6.08 Å². The largest absolute Gasteiger partial charge is 0.477 e. The zero-order chi connectivity index (χ0) is 17.2. The minimum absolute atomic E-state index is 0.122. The third-order valence-electron chi connectivity index (χ3n) is 4.51. The monoisotopic (exact) mass is 316 g/mol. The van der Waals surface area contributed by atoms with E-state index < -0.39 is 24.0 Å². The number of carboxylic acid groups (broad SMARTS) is 2. The van der Waals surface area contributed by atoms with Crippen LogP contribution in [0.4, 0.5) is 0 Å². The Balaban J connectivity index is 4.99. The lowest BCUT2D eigenvalue weighted by molar-refractivity contribution is -0.955. The molecule has 0 fully saturated rings. The lowest BCUT2D eigenvalue weighted by Crippen LogP contribution is -2.65. The SMILES string of the molecule is C=CCCCCCC[N+](CCO)(C(C)C(=O)O)C(C)C(=O)O. The number of rotatable bonds is 13. The van der Waals surface area contributed by atoms with Crippen molar-refractivity contribution in [2.75, 3.05) is 19.7 Å². The van der Waals surface area contributed by atoms with Gasteiger partial charge in [0.05, 0.1) is 13.2 Å². The van der Waals surface area contributed by atoms with Gasteiger partial charge < -0.3 is 15.3 Å². The molecule has 22 heavy (non-hydrogen) atoms. The highest BCUT2D eigenvalue weighted by atomic mass is 16.4. The van der Waals surface area contributed by atoms with Crippen LogP contribution in [0.2, 0.25) is 0 Å². The number of aliphatic carboxylic acids is 2. The average Bonchev–Trinajstić information content (AvgIpc) is 2.47. The normalized spacial score (nSPS) is 16.5. The van der Waals surface area contributed by atoms with E-state index in [1.165, 1.54) is 13.8 Å². The summed E-state index contributed by atoms with van der Waals surface area (Å²) in [5.74, 6) is -2.07. The highest BCUT2D eigenvalue weighted by Crippen LogP contribution is 2.22. The van der Waals surface area contributed by atoms with E-state index >= 15 is 0 Å². The quantitative estimate of drug-likeness (QED) is 0.274. The van der Waals surface area contributed by atoms with Crippen molar-refractivity contribution in [2.24, 2.45) is 0 Å². The van der Waals surface area contributed by atoms with Gasteiger partial charge in [0.25, 0.3) is 0 Å². The topological polar surface area (TPSA) is 94.8 Å². The molecule has 2 unspecified atom stereocenters. The number of nitrogens with zero attached hydrogens (tertiary/aromatic N) is 1.